The van der Waals surface area contributed by atoms with Crippen molar-refractivity contribution in [3.05, 3.63) is 22.4 Å². The van der Waals surface area contributed by atoms with E-state index < -0.39 is 0 Å². The Labute approximate surface area is 185 Å². The van der Waals surface area contributed by atoms with Crippen molar-refractivity contribution in [2.24, 2.45) is 16.6 Å². The predicted molar refractivity (Wildman–Crippen MR) is 127 cm³/mol. The lowest BCUT2D eigenvalue weighted by atomic mass is 9.97. The fourth-order valence-electron chi connectivity index (χ4n) is 4.21. The second-order valence-electron chi connectivity index (χ2n) is 7.78. The van der Waals surface area contributed by atoms with Crippen molar-refractivity contribution in [1.82, 2.24) is 15.1 Å². The molecule has 2 aliphatic heterocycles. The molecule has 3 N–H and O–H groups in total. The fourth-order valence-corrected chi connectivity index (χ4v) is 5.06. The SMILES string of the molecule is CCN1CCCC1CNC(N)=NCC(c1cccs1)N1CCC(C)CC1.I. The first-order valence-electron chi connectivity index (χ1n) is 10.2. The number of nitrogens with two attached hydrogens (primary N) is 1. The maximum absolute atomic E-state index is 6.20. The second-order valence-corrected chi connectivity index (χ2v) is 8.76. The summed E-state index contributed by atoms with van der Waals surface area (Å²) in [7, 11) is 0. The Hall–Kier alpha value is -0.380. The molecule has 3 rings (SSSR count). The molecular formula is C20H36IN5S. The van der Waals surface area contributed by atoms with E-state index >= 15 is 0 Å². The molecule has 7 heteroatoms. The standard InChI is InChI=1S/C20H35N5S.HI/c1-3-24-10-4-6-17(24)14-22-20(21)23-15-18(19-7-5-13-26-19)25-11-8-16(2)9-12-25;/h5,7,13,16-18H,3-4,6,8-12,14-15H2,1-2H3,(H3,21,22,23);1H. The topological polar surface area (TPSA) is 56.9 Å². The van der Waals surface area contributed by atoms with Gasteiger partial charge in [0, 0.05) is 17.5 Å². The van der Waals surface area contributed by atoms with E-state index in [2.05, 4.69) is 46.5 Å². The fraction of sp³-hybridized carbons (Fsp3) is 0.750. The zero-order valence-electron chi connectivity index (χ0n) is 16.8. The van der Waals surface area contributed by atoms with Gasteiger partial charge in [-0.1, -0.05) is 19.9 Å². The van der Waals surface area contributed by atoms with Crippen LogP contribution in [-0.2, 0) is 0 Å². The normalized spacial score (nSPS) is 23.9. The first kappa shape index (κ1) is 22.9. The molecule has 1 aromatic rings. The number of halogens is 1. The number of rotatable bonds is 7. The Balaban J connectivity index is 0.00000261. The summed E-state index contributed by atoms with van der Waals surface area (Å²) in [5, 5.41) is 5.54. The molecule has 2 fully saturated rings. The van der Waals surface area contributed by atoms with E-state index in [9.17, 15) is 0 Å². The Kier molecular flexibility index (Phi) is 9.82. The molecule has 0 aromatic carbocycles. The number of nitrogens with one attached hydrogen (secondary N) is 1. The zero-order chi connectivity index (χ0) is 18.4. The molecule has 0 bridgehead atoms. The summed E-state index contributed by atoms with van der Waals surface area (Å²) in [4.78, 5) is 11.2. The van der Waals surface area contributed by atoms with Gasteiger partial charge in [0.2, 0.25) is 0 Å². The minimum absolute atomic E-state index is 0. The highest BCUT2D eigenvalue weighted by Gasteiger charge is 2.25. The molecule has 3 heterocycles. The molecule has 1 aromatic heterocycles. The maximum atomic E-state index is 6.20. The van der Waals surface area contributed by atoms with Gasteiger partial charge in [0.1, 0.15) is 0 Å². The van der Waals surface area contributed by atoms with Crippen molar-refractivity contribution in [2.45, 2.75) is 51.6 Å². The van der Waals surface area contributed by atoms with Gasteiger partial charge in [0.15, 0.2) is 5.96 Å². The molecule has 27 heavy (non-hydrogen) atoms. The van der Waals surface area contributed by atoms with Crippen LogP contribution in [0.5, 0.6) is 0 Å². The van der Waals surface area contributed by atoms with E-state index in [1.54, 1.807) is 0 Å². The summed E-state index contributed by atoms with van der Waals surface area (Å²) in [5.41, 5.74) is 6.20. The van der Waals surface area contributed by atoms with Crippen LogP contribution in [0.2, 0.25) is 0 Å². The summed E-state index contributed by atoms with van der Waals surface area (Å²) in [6, 6.07) is 5.35. The number of thiophene rings is 1. The Morgan fingerprint density at radius 1 is 1.33 bits per heavy atom. The second kappa shape index (κ2) is 11.6. The molecule has 0 amide bonds. The number of hydrogen-bond donors (Lipinski definition) is 2. The highest BCUT2D eigenvalue weighted by atomic mass is 127. The largest absolute Gasteiger partial charge is 0.370 e. The lowest BCUT2D eigenvalue weighted by Crippen LogP contribution is -2.43. The first-order chi connectivity index (χ1) is 12.7. The first-order valence-corrected chi connectivity index (χ1v) is 11.1. The molecular weight excluding hydrogens is 469 g/mol. The van der Waals surface area contributed by atoms with Crippen LogP contribution in [0.15, 0.2) is 22.5 Å². The maximum Gasteiger partial charge on any atom is 0.188 e. The summed E-state index contributed by atoms with van der Waals surface area (Å²) in [5.74, 6) is 1.44. The lowest BCUT2D eigenvalue weighted by molar-refractivity contribution is 0.143. The van der Waals surface area contributed by atoms with E-state index in [4.69, 9.17) is 10.7 Å². The molecule has 2 saturated heterocycles. The van der Waals surface area contributed by atoms with Gasteiger partial charge >= 0.3 is 0 Å². The number of guanidine groups is 1. The van der Waals surface area contributed by atoms with Crippen molar-refractivity contribution < 1.29 is 0 Å². The van der Waals surface area contributed by atoms with Crippen LogP contribution in [0.25, 0.3) is 0 Å². The number of aliphatic imine (C=N–C) groups is 1. The predicted octanol–water partition coefficient (Wildman–Crippen LogP) is 3.53. The van der Waals surface area contributed by atoms with E-state index in [1.807, 2.05) is 11.3 Å². The van der Waals surface area contributed by atoms with Gasteiger partial charge in [-0.05, 0) is 69.2 Å². The van der Waals surface area contributed by atoms with Gasteiger partial charge in [-0.15, -0.1) is 35.3 Å². The van der Waals surface area contributed by atoms with Gasteiger partial charge in [0.25, 0.3) is 0 Å². The molecule has 2 unspecified atom stereocenters. The minimum Gasteiger partial charge on any atom is -0.370 e. The van der Waals surface area contributed by atoms with Crippen molar-refractivity contribution in [3.63, 3.8) is 0 Å². The highest BCUT2D eigenvalue weighted by molar-refractivity contribution is 14.0. The van der Waals surface area contributed by atoms with Crippen LogP contribution in [0.3, 0.4) is 0 Å². The van der Waals surface area contributed by atoms with Crippen LogP contribution >= 0.6 is 35.3 Å². The van der Waals surface area contributed by atoms with Crippen LogP contribution in [0, 0.1) is 5.92 Å². The smallest absolute Gasteiger partial charge is 0.188 e. The van der Waals surface area contributed by atoms with Crippen molar-refractivity contribution in [2.75, 3.05) is 39.3 Å². The van der Waals surface area contributed by atoms with E-state index in [1.165, 1.54) is 50.2 Å². The zero-order valence-corrected chi connectivity index (χ0v) is 19.9. The number of piperidine rings is 1. The van der Waals surface area contributed by atoms with E-state index in [-0.39, 0.29) is 24.0 Å². The molecule has 2 atom stereocenters. The Bertz CT molecular complexity index is 557. The lowest BCUT2D eigenvalue weighted by Gasteiger charge is -2.35. The molecule has 5 nitrogen and oxygen atoms in total. The molecule has 0 radical (unpaired) electrons. The Morgan fingerprint density at radius 2 is 2.11 bits per heavy atom. The van der Waals surface area contributed by atoms with E-state index in [0.29, 0.717) is 18.0 Å². The van der Waals surface area contributed by atoms with Crippen LogP contribution < -0.4 is 11.1 Å². The molecule has 2 aliphatic rings. The van der Waals surface area contributed by atoms with Crippen molar-refractivity contribution >= 4 is 41.3 Å². The third kappa shape index (κ3) is 6.58. The summed E-state index contributed by atoms with van der Waals surface area (Å²) in [6.45, 7) is 10.9. The van der Waals surface area contributed by atoms with Crippen molar-refractivity contribution in [1.29, 1.82) is 0 Å². The van der Waals surface area contributed by atoms with E-state index in [0.717, 1.165) is 25.6 Å². The van der Waals surface area contributed by atoms with Gasteiger partial charge < -0.3 is 11.1 Å². The van der Waals surface area contributed by atoms with Crippen LogP contribution in [0.4, 0.5) is 0 Å². The quantitative estimate of drug-likeness (QED) is 0.338. The third-order valence-corrected chi connectivity index (χ3v) is 6.96. The van der Waals surface area contributed by atoms with Gasteiger partial charge in [-0.3, -0.25) is 14.8 Å². The van der Waals surface area contributed by atoms with Gasteiger partial charge in [-0.25, -0.2) is 0 Å². The van der Waals surface area contributed by atoms with Crippen LogP contribution in [0.1, 0.15) is 50.4 Å². The number of hydrogen-bond acceptors (Lipinski definition) is 4. The summed E-state index contributed by atoms with van der Waals surface area (Å²) < 4.78 is 0. The molecule has 154 valence electrons. The van der Waals surface area contributed by atoms with Gasteiger partial charge in [-0.2, -0.15) is 0 Å². The summed E-state index contributed by atoms with van der Waals surface area (Å²) >= 11 is 1.84. The third-order valence-electron chi connectivity index (χ3n) is 5.99. The van der Waals surface area contributed by atoms with Crippen molar-refractivity contribution in [3.8, 4) is 0 Å². The molecule has 0 saturated carbocycles. The van der Waals surface area contributed by atoms with Crippen LogP contribution in [-0.4, -0.2) is 61.1 Å². The van der Waals surface area contributed by atoms with Gasteiger partial charge in [0.05, 0.1) is 12.6 Å². The summed E-state index contributed by atoms with van der Waals surface area (Å²) in [6.07, 6.45) is 5.13. The highest BCUT2D eigenvalue weighted by Crippen LogP contribution is 2.29. The number of nitrogens with zero attached hydrogens (tertiary/aromatic N) is 3. The minimum atomic E-state index is 0. The average Bonchev–Trinajstić information content (AvgIpc) is 3.33. The molecule has 0 aliphatic carbocycles. The number of likely N-dealkylation sites (N-methyl/N-ethyl adjacent to an activating group) is 1. The average molecular weight is 506 g/mol. The number of likely N-dealkylation sites (tertiary alicyclic amines) is 2. The Morgan fingerprint density at radius 3 is 2.78 bits per heavy atom. The monoisotopic (exact) mass is 505 g/mol. The molecule has 0 spiro atoms.